The summed E-state index contributed by atoms with van der Waals surface area (Å²) < 4.78 is 7.19. The van der Waals surface area contributed by atoms with E-state index in [1.54, 1.807) is 23.1 Å². The normalized spacial score (nSPS) is 12.3. The van der Waals surface area contributed by atoms with E-state index in [4.69, 9.17) is 4.52 Å². The molecule has 1 unspecified atom stereocenters. The Labute approximate surface area is 175 Å². The first-order valence-corrected chi connectivity index (χ1v) is 11.5. The van der Waals surface area contributed by atoms with Gasteiger partial charge in [-0.2, -0.15) is 16.7 Å². The van der Waals surface area contributed by atoms with Crippen LogP contribution in [0.25, 0.3) is 16.3 Å². The second kappa shape index (κ2) is 9.19. The van der Waals surface area contributed by atoms with Crippen molar-refractivity contribution in [1.82, 2.24) is 30.1 Å². The smallest absolute Gasteiger partial charge is 0.227 e. The third-order valence-corrected chi connectivity index (χ3v) is 5.88. The zero-order valence-electron chi connectivity index (χ0n) is 15.8. The number of carbonyl (C=O) groups is 1. The van der Waals surface area contributed by atoms with Crippen molar-refractivity contribution in [3.8, 4) is 10.7 Å². The van der Waals surface area contributed by atoms with Crippen molar-refractivity contribution < 1.29 is 9.32 Å². The predicted octanol–water partition coefficient (Wildman–Crippen LogP) is 3.38. The van der Waals surface area contributed by atoms with E-state index in [2.05, 4.69) is 25.7 Å². The molecular weight excluding hydrogens is 408 g/mol. The maximum atomic E-state index is 12.6. The highest BCUT2D eigenvalue weighted by Gasteiger charge is 2.20. The Morgan fingerprint density at radius 3 is 3.07 bits per heavy atom. The monoisotopic (exact) mass is 428 g/mol. The standard InChI is InChI=1S/C19H20N6O2S2/c1-28-12-9-13(19-23-22-15-6-2-3-10-25(15)19)20-16(26)7-8-17-21-18(24-27-17)14-5-4-11-29-14/h2-6,10-11,13H,7-9,12H2,1H3,(H,20,26). The molecule has 4 aromatic heterocycles. The molecule has 0 aromatic carbocycles. The van der Waals surface area contributed by atoms with Crippen LogP contribution in [0.1, 0.15) is 30.6 Å². The lowest BCUT2D eigenvalue weighted by atomic mass is 10.2. The molecule has 0 saturated carbocycles. The Morgan fingerprint density at radius 2 is 2.24 bits per heavy atom. The van der Waals surface area contributed by atoms with Gasteiger partial charge < -0.3 is 9.84 Å². The van der Waals surface area contributed by atoms with Crippen molar-refractivity contribution in [2.75, 3.05) is 12.0 Å². The van der Waals surface area contributed by atoms with E-state index in [9.17, 15) is 4.79 Å². The van der Waals surface area contributed by atoms with Crippen LogP contribution in [0.4, 0.5) is 0 Å². The summed E-state index contributed by atoms with van der Waals surface area (Å²) in [4.78, 5) is 17.9. The molecule has 0 aliphatic heterocycles. The van der Waals surface area contributed by atoms with E-state index >= 15 is 0 Å². The number of hydrogen-bond acceptors (Lipinski definition) is 8. The summed E-state index contributed by atoms with van der Waals surface area (Å²) in [7, 11) is 0. The number of aryl methyl sites for hydroxylation is 1. The number of thioether (sulfide) groups is 1. The Balaban J connectivity index is 1.40. The quantitative estimate of drug-likeness (QED) is 0.436. The summed E-state index contributed by atoms with van der Waals surface area (Å²) in [5.74, 6) is 2.57. The average molecular weight is 429 g/mol. The molecule has 0 fully saturated rings. The molecule has 4 rings (SSSR count). The van der Waals surface area contributed by atoms with Crippen LogP contribution in [0, 0.1) is 0 Å². The summed E-state index contributed by atoms with van der Waals surface area (Å²) in [5.41, 5.74) is 0.762. The second-order valence-corrected chi connectivity index (χ2v) is 8.31. The lowest BCUT2D eigenvalue weighted by Gasteiger charge is -2.16. The van der Waals surface area contributed by atoms with Crippen LogP contribution >= 0.6 is 23.1 Å². The molecule has 1 amide bonds. The van der Waals surface area contributed by atoms with Crippen molar-refractivity contribution in [1.29, 1.82) is 0 Å². The molecule has 0 aliphatic rings. The molecule has 0 aliphatic carbocycles. The predicted molar refractivity (Wildman–Crippen MR) is 113 cm³/mol. The van der Waals surface area contributed by atoms with Crippen molar-refractivity contribution in [2.24, 2.45) is 0 Å². The van der Waals surface area contributed by atoms with Crippen molar-refractivity contribution in [3.63, 3.8) is 0 Å². The summed E-state index contributed by atoms with van der Waals surface area (Å²) in [6.45, 7) is 0. The molecule has 1 atom stereocenters. The molecular formula is C19H20N6O2S2. The zero-order chi connectivity index (χ0) is 20.1. The van der Waals surface area contributed by atoms with Crippen molar-refractivity contribution in [2.45, 2.75) is 25.3 Å². The van der Waals surface area contributed by atoms with Crippen LogP contribution in [-0.2, 0) is 11.2 Å². The molecule has 10 heteroatoms. The third-order valence-electron chi connectivity index (χ3n) is 4.37. The van der Waals surface area contributed by atoms with Crippen LogP contribution in [-0.4, -0.2) is 42.7 Å². The summed E-state index contributed by atoms with van der Waals surface area (Å²) in [6, 6.07) is 9.39. The molecule has 150 valence electrons. The van der Waals surface area contributed by atoms with E-state index in [-0.39, 0.29) is 18.4 Å². The van der Waals surface area contributed by atoms with Gasteiger partial charge in [0.2, 0.25) is 17.6 Å². The van der Waals surface area contributed by atoms with Gasteiger partial charge in [-0.25, -0.2) is 0 Å². The number of nitrogens with zero attached hydrogens (tertiary/aromatic N) is 5. The van der Waals surface area contributed by atoms with Gasteiger partial charge in [0.1, 0.15) is 0 Å². The first kappa shape index (κ1) is 19.6. The number of pyridine rings is 1. The number of aromatic nitrogens is 5. The fourth-order valence-corrected chi connectivity index (χ4v) is 4.07. The average Bonchev–Trinajstić information content (AvgIpc) is 3.49. The lowest BCUT2D eigenvalue weighted by molar-refractivity contribution is -0.122. The fraction of sp³-hybridized carbons (Fsp3) is 0.316. The first-order chi connectivity index (χ1) is 14.2. The topological polar surface area (TPSA) is 98.2 Å². The minimum atomic E-state index is -0.211. The number of fused-ring (bicyclic) bond motifs is 1. The Kier molecular flexibility index (Phi) is 6.20. The molecule has 0 saturated heterocycles. The van der Waals surface area contributed by atoms with Crippen LogP contribution in [0.2, 0.25) is 0 Å². The van der Waals surface area contributed by atoms with Crippen molar-refractivity contribution in [3.05, 3.63) is 53.6 Å². The number of rotatable bonds is 9. The minimum absolute atomic E-state index is 0.0837. The van der Waals surface area contributed by atoms with Gasteiger partial charge in [0, 0.05) is 19.0 Å². The van der Waals surface area contributed by atoms with E-state index in [0.717, 1.165) is 28.5 Å². The highest BCUT2D eigenvalue weighted by Crippen LogP contribution is 2.22. The van der Waals surface area contributed by atoms with Gasteiger partial charge in [-0.15, -0.1) is 21.5 Å². The molecule has 1 N–H and O–H groups in total. The van der Waals surface area contributed by atoms with Crippen LogP contribution in [0.3, 0.4) is 0 Å². The van der Waals surface area contributed by atoms with E-state index in [1.165, 1.54) is 0 Å². The summed E-state index contributed by atoms with van der Waals surface area (Å²) in [5, 5.41) is 17.5. The van der Waals surface area contributed by atoms with E-state index in [1.807, 2.05) is 52.6 Å². The molecule has 0 bridgehead atoms. The van der Waals surface area contributed by atoms with Crippen LogP contribution in [0.15, 0.2) is 46.4 Å². The maximum absolute atomic E-state index is 12.6. The zero-order valence-corrected chi connectivity index (χ0v) is 17.4. The first-order valence-electron chi connectivity index (χ1n) is 9.19. The molecule has 8 nitrogen and oxygen atoms in total. The number of carbonyl (C=O) groups excluding carboxylic acids is 1. The Bertz CT molecular complexity index is 1080. The van der Waals surface area contributed by atoms with Gasteiger partial charge in [-0.3, -0.25) is 9.20 Å². The maximum Gasteiger partial charge on any atom is 0.227 e. The largest absolute Gasteiger partial charge is 0.346 e. The van der Waals surface area contributed by atoms with Gasteiger partial charge in [0.05, 0.1) is 10.9 Å². The Morgan fingerprint density at radius 1 is 1.31 bits per heavy atom. The van der Waals surface area contributed by atoms with Gasteiger partial charge >= 0.3 is 0 Å². The highest BCUT2D eigenvalue weighted by molar-refractivity contribution is 7.98. The number of amides is 1. The van der Waals surface area contributed by atoms with Crippen LogP contribution < -0.4 is 5.32 Å². The minimum Gasteiger partial charge on any atom is -0.346 e. The van der Waals surface area contributed by atoms with Gasteiger partial charge in [-0.1, -0.05) is 17.3 Å². The molecule has 0 spiro atoms. The summed E-state index contributed by atoms with van der Waals surface area (Å²) in [6.07, 6.45) is 5.37. The second-order valence-electron chi connectivity index (χ2n) is 6.38. The van der Waals surface area contributed by atoms with E-state index in [0.29, 0.717) is 18.1 Å². The number of thiophene rings is 1. The third kappa shape index (κ3) is 4.65. The highest BCUT2D eigenvalue weighted by atomic mass is 32.2. The number of nitrogens with one attached hydrogen (secondary N) is 1. The Hall–Kier alpha value is -2.72. The fourth-order valence-electron chi connectivity index (χ4n) is 2.95. The molecule has 29 heavy (non-hydrogen) atoms. The SMILES string of the molecule is CSCCC(NC(=O)CCc1nc(-c2cccs2)no1)c1nnc2ccccn12. The molecule has 4 heterocycles. The number of hydrogen-bond donors (Lipinski definition) is 1. The van der Waals surface area contributed by atoms with Gasteiger partial charge in [0.25, 0.3) is 0 Å². The molecule has 4 aromatic rings. The molecule has 0 radical (unpaired) electrons. The van der Waals surface area contributed by atoms with Gasteiger partial charge in [0.15, 0.2) is 11.5 Å². The van der Waals surface area contributed by atoms with Crippen LogP contribution in [0.5, 0.6) is 0 Å². The summed E-state index contributed by atoms with van der Waals surface area (Å²) >= 11 is 3.28. The van der Waals surface area contributed by atoms with E-state index < -0.39 is 0 Å². The van der Waals surface area contributed by atoms with Crippen molar-refractivity contribution >= 4 is 34.7 Å². The van der Waals surface area contributed by atoms with Gasteiger partial charge in [-0.05, 0) is 42.0 Å². The lowest BCUT2D eigenvalue weighted by Crippen LogP contribution is -2.30.